The average Bonchev–Trinajstić information content (AvgIpc) is 2.68. The Balaban J connectivity index is 1.62. The summed E-state index contributed by atoms with van der Waals surface area (Å²) in [6.45, 7) is 12.1. The molecule has 1 aromatic heterocycles. The largest absolute Gasteiger partial charge is 0.353 e. The molecule has 0 amide bonds. The van der Waals surface area contributed by atoms with Gasteiger partial charge in [0.1, 0.15) is 11.6 Å². The Morgan fingerprint density at radius 2 is 1.85 bits per heavy atom. The summed E-state index contributed by atoms with van der Waals surface area (Å²) in [4.78, 5) is 13.9. The van der Waals surface area contributed by atoms with Gasteiger partial charge in [-0.1, -0.05) is 39.0 Å². The molecule has 0 atom stereocenters. The molecule has 3 rings (SSSR count). The summed E-state index contributed by atoms with van der Waals surface area (Å²) in [5, 5.41) is 4.24. The minimum absolute atomic E-state index is 0.334. The molecule has 0 radical (unpaired) electrons. The number of piperazine rings is 1. The van der Waals surface area contributed by atoms with Crippen LogP contribution < -0.4 is 10.2 Å². The van der Waals surface area contributed by atoms with Gasteiger partial charge in [0.15, 0.2) is 5.11 Å². The van der Waals surface area contributed by atoms with Gasteiger partial charge in [-0.3, -0.25) is 0 Å². The molecule has 1 saturated heterocycles. The number of aryl methyl sites for hydroxylation is 2. The second kappa shape index (κ2) is 8.65. The molecule has 1 aliphatic heterocycles. The number of benzene rings is 1. The van der Waals surface area contributed by atoms with Crippen LogP contribution in [0, 0.1) is 6.92 Å². The van der Waals surface area contributed by atoms with Crippen LogP contribution in [-0.2, 0) is 6.42 Å². The molecule has 1 fully saturated rings. The number of rotatable bonds is 4. The van der Waals surface area contributed by atoms with E-state index in [1.165, 1.54) is 5.56 Å². The summed E-state index contributed by atoms with van der Waals surface area (Å²) < 4.78 is 0. The van der Waals surface area contributed by atoms with Crippen LogP contribution >= 0.6 is 12.2 Å². The van der Waals surface area contributed by atoms with Crippen LogP contribution in [0.5, 0.6) is 0 Å². The van der Waals surface area contributed by atoms with E-state index in [-0.39, 0.29) is 0 Å². The maximum atomic E-state index is 5.67. The van der Waals surface area contributed by atoms with Crippen molar-refractivity contribution < 1.29 is 0 Å². The minimum Gasteiger partial charge on any atom is -0.353 e. The van der Waals surface area contributed by atoms with Crippen molar-refractivity contribution in [2.24, 2.45) is 0 Å². The molecule has 1 aromatic carbocycles. The summed E-state index contributed by atoms with van der Waals surface area (Å²) in [5.74, 6) is 2.28. The van der Waals surface area contributed by atoms with Crippen LogP contribution in [0.2, 0.25) is 0 Å². The molecule has 1 aliphatic rings. The van der Waals surface area contributed by atoms with Crippen molar-refractivity contribution >= 4 is 28.8 Å². The lowest BCUT2D eigenvalue weighted by molar-refractivity contribution is 0.389. The van der Waals surface area contributed by atoms with Gasteiger partial charge in [0.2, 0.25) is 0 Å². The van der Waals surface area contributed by atoms with E-state index in [1.54, 1.807) is 0 Å². The number of thiocarbonyl (C=S) groups is 1. The fraction of sp³-hybridized carbons (Fsp3) is 0.476. The number of hydrogen-bond donors (Lipinski definition) is 1. The molecule has 27 heavy (non-hydrogen) atoms. The quantitative estimate of drug-likeness (QED) is 0.806. The summed E-state index contributed by atoms with van der Waals surface area (Å²) in [5.41, 5.74) is 3.43. The first-order chi connectivity index (χ1) is 13.0. The fourth-order valence-corrected chi connectivity index (χ4v) is 3.57. The maximum absolute atomic E-state index is 5.67. The third kappa shape index (κ3) is 4.75. The first-order valence-electron chi connectivity index (χ1n) is 9.72. The Bertz CT molecular complexity index is 797. The molecular formula is C21H29N5S. The topological polar surface area (TPSA) is 44.3 Å². The zero-order chi connectivity index (χ0) is 19.4. The van der Waals surface area contributed by atoms with Gasteiger partial charge in [-0.15, -0.1) is 0 Å². The number of nitrogens with zero attached hydrogens (tertiary/aromatic N) is 4. The predicted octanol–water partition coefficient (Wildman–Crippen LogP) is 3.99. The van der Waals surface area contributed by atoms with Gasteiger partial charge in [0, 0.05) is 49.5 Å². The second-order valence-electron chi connectivity index (χ2n) is 7.30. The first-order valence-corrected chi connectivity index (χ1v) is 10.1. The Labute approximate surface area is 167 Å². The van der Waals surface area contributed by atoms with Crippen LogP contribution in [-0.4, -0.2) is 46.2 Å². The van der Waals surface area contributed by atoms with Crippen molar-refractivity contribution in [2.45, 2.75) is 40.0 Å². The third-order valence-corrected chi connectivity index (χ3v) is 5.27. The van der Waals surface area contributed by atoms with E-state index >= 15 is 0 Å². The predicted molar refractivity (Wildman–Crippen MR) is 117 cm³/mol. The lowest BCUT2D eigenvalue weighted by atomic mass is 10.1. The molecule has 2 aromatic rings. The first kappa shape index (κ1) is 19.5. The van der Waals surface area contributed by atoms with E-state index < -0.39 is 0 Å². The highest BCUT2D eigenvalue weighted by Crippen LogP contribution is 2.20. The maximum Gasteiger partial charge on any atom is 0.173 e. The number of hydrogen-bond acceptors (Lipinski definition) is 4. The van der Waals surface area contributed by atoms with Crippen LogP contribution in [0.3, 0.4) is 0 Å². The molecule has 0 saturated carbocycles. The lowest BCUT2D eigenvalue weighted by Gasteiger charge is -2.37. The summed E-state index contributed by atoms with van der Waals surface area (Å²) in [6.07, 6.45) is 0.991. The molecule has 5 nitrogen and oxygen atoms in total. The van der Waals surface area contributed by atoms with Crippen molar-refractivity contribution in [3.8, 4) is 0 Å². The zero-order valence-corrected chi connectivity index (χ0v) is 17.5. The van der Waals surface area contributed by atoms with E-state index in [9.17, 15) is 0 Å². The smallest absolute Gasteiger partial charge is 0.173 e. The fourth-order valence-electron chi connectivity index (χ4n) is 3.28. The molecule has 0 aliphatic carbocycles. The van der Waals surface area contributed by atoms with Gasteiger partial charge in [0.05, 0.1) is 0 Å². The van der Waals surface area contributed by atoms with E-state index in [0.717, 1.165) is 60.7 Å². The monoisotopic (exact) mass is 383 g/mol. The highest BCUT2D eigenvalue weighted by molar-refractivity contribution is 7.80. The van der Waals surface area contributed by atoms with E-state index in [1.807, 2.05) is 13.0 Å². The second-order valence-corrected chi connectivity index (χ2v) is 7.68. The summed E-state index contributed by atoms with van der Waals surface area (Å²) in [7, 11) is 0. The minimum atomic E-state index is 0.334. The molecule has 0 unspecified atom stereocenters. The Morgan fingerprint density at radius 3 is 2.52 bits per heavy atom. The highest BCUT2D eigenvalue weighted by Gasteiger charge is 2.21. The van der Waals surface area contributed by atoms with Gasteiger partial charge in [-0.25, -0.2) is 9.97 Å². The number of para-hydroxylation sites is 1. The molecule has 2 heterocycles. The lowest BCUT2D eigenvalue weighted by Crippen LogP contribution is -2.50. The normalized spacial score (nSPS) is 14.6. The van der Waals surface area contributed by atoms with Crippen LogP contribution in [0.4, 0.5) is 11.5 Å². The zero-order valence-electron chi connectivity index (χ0n) is 16.7. The number of anilines is 2. The van der Waals surface area contributed by atoms with Crippen molar-refractivity contribution in [1.82, 2.24) is 14.9 Å². The standard InChI is InChI=1S/C21H29N5S/c1-5-17-8-6-7-9-18(17)23-21(27)26-12-10-25(11-13-26)19-14-16(4)22-20(24-19)15(2)3/h6-9,14-15H,5,10-13H2,1-4H3,(H,23,27). The molecular weight excluding hydrogens is 354 g/mol. The van der Waals surface area contributed by atoms with Crippen molar-refractivity contribution in [2.75, 3.05) is 36.4 Å². The van der Waals surface area contributed by atoms with Gasteiger partial charge >= 0.3 is 0 Å². The molecule has 1 N–H and O–H groups in total. The molecule has 0 bridgehead atoms. The van der Waals surface area contributed by atoms with Crippen molar-refractivity contribution in [1.29, 1.82) is 0 Å². The number of nitrogens with one attached hydrogen (secondary N) is 1. The molecule has 144 valence electrons. The van der Waals surface area contributed by atoms with E-state index in [0.29, 0.717) is 5.92 Å². The molecule has 6 heteroatoms. The summed E-state index contributed by atoms with van der Waals surface area (Å²) in [6, 6.07) is 10.4. The Hall–Kier alpha value is -2.21. The van der Waals surface area contributed by atoms with E-state index in [2.05, 4.69) is 65.1 Å². The van der Waals surface area contributed by atoms with Crippen LogP contribution in [0.15, 0.2) is 30.3 Å². The van der Waals surface area contributed by atoms with Gasteiger partial charge < -0.3 is 15.1 Å². The Kier molecular flexibility index (Phi) is 6.26. The van der Waals surface area contributed by atoms with Gasteiger partial charge in [0.25, 0.3) is 0 Å². The van der Waals surface area contributed by atoms with Gasteiger partial charge in [-0.05, 0) is 37.2 Å². The van der Waals surface area contributed by atoms with Crippen LogP contribution in [0.25, 0.3) is 0 Å². The summed E-state index contributed by atoms with van der Waals surface area (Å²) >= 11 is 5.67. The van der Waals surface area contributed by atoms with Gasteiger partial charge in [-0.2, -0.15) is 0 Å². The average molecular weight is 384 g/mol. The third-order valence-electron chi connectivity index (χ3n) is 4.91. The highest BCUT2D eigenvalue weighted by atomic mass is 32.1. The number of aromatic nitrogens is 2. The Morgan fingerprint density at radius 1 is 1.15 bits per heavy atom. The van der Waals surface area contributed by atoms with E-state index in [4.69, 9.17) is 17.2 Å². The van der Waals surface area contributed by atoms with Crippen molar-refractivity contribution in [3.63, 3.8) is 0 Å². The SMILES string of the molecule is CCc1ccccc1NC(=S)N1CCN(c2cc(C)nc(C(C)C)n2)CC1. The van der Waals surface area contributed by atoms with Crippen LogP contribution in [0.1, 0.15) is 43.8 Å². The van der Waals surface area contributed by atoms with Crippen molar-refractivity contribution in [3.05, 3.63) is 47.4 Å². The molecule has 0 spiro atoms.